The van der Waals surface area contributed by atoms with Gasteiger partial charge in [0.15, 0.2) is 6.61 Å². The smallest absolute Gasteiger partial charge is 0.349 e. The number of aromatic nitrogens is 2. The molecule has 0 atom stereocenters. The number of carbonyl (C=O) groups excluding carboxylic acids is 2. The summed E-state index contributed by atoms with van der Waals surface area (Å²) < 4.78 is 6.65. The molecule has 0 radical (unpaired) electrons. The molecule has 0 fully saturated rings. The number of hydrogen-bond donors (Lipinski definition) is 1. The molecular formula is C16H15N3O4S. The second-order valence-corrected chi connectivity index (χ2v) is 6.38. The van der Waals surface area contributed by atoms with Gasteiger partial charge in [0.05, 0.1) is 11.9 Å². The van der Waals surface area contributed by atoms with E-state index >= 15 is 0 Å². The fraction of sp³-hybridized carbons (Fsp3) is 0.375. The second-order valence-electron chi connectivity index (χ2n) is 5.38. The Morgan fingerprint density at radius 3 is 3.04 bits per heavy atom. The van der Waals surface area contributed by atoms with Crippen LogP contribution in [0.15, 0.2) is 4.79 Å². The molecule has 0 saturated carbocycles. The van der Waals surface area contributed by atoms with E-state index in [9.17, 15) is 14.4 Å². The number of terminal acetylenes is 1. The number of fused-ring (bicyclic) bond motifs is 2. The van der Waals surface area contributed by atoms with Crippen molar-refractivity contribution in [3.8, 4) is 12.3 Å². The Hall–Kier alpha value is -2.66. The molecule has 24 heavy (non-hydrogen) atoms. The van der Waals surface area contributed by atoms with Gasteiger partial charge < -0.3 is 10.1 Å². The number of hydrogen-bond acceptors (Lipinski definition) is 6. The monoisotopic (exact) mass is 345 g/mol. The van der Waals surface area contributed by atoms with Crippen LogP contribution in [0.3, 0.4) is 0 Å². The average molecular weight is 345 g/mol. The highest BCUT2D eigenvalue weighted by Crippen LogP contribution is 2.29. The highest BCUT2D eigenvalue weighted by molar-refractivity contribution is 7.20. The molecule has 0 aliphatic carbocycles. The summed E-state index contributed by atoms with van der Waals surface area (Å²) in [7, 11) is 0. The van der Waals surface area contributed by atoms with Gasteiger partial charge in [-0.25, -0.2) is 9.78 Å². The number of amides is 1. The molecule has 7 nitrogen and oxygen atoms in total. The molecule has 0 unspecified atom stereocenters. The lowest BCUT2D eigenvalue weighted by molar-refractivity contribution is -0.123. The summed E-state index contributed by atoms with van der Waals surface area (Å²) in [5.41, 5.74) is 0.427. The number of rotatable bonds is 4. The molecule has 0 spiro atoms. The van der Waals surface area contributed by atoms with Crippen molar-refractivity contribution in [3.05, 3.63) is 26.6 Å². The Morgan fingerprint density at radius 1 is 1.50 bits per heavy atom. The lowest BCUT2D eigenvalue weighted by Gasteiger charge is -2.04. The van der Waals surface area contributed by atoms with Crippen LogP contribution < -0.4 is 10.9 Å². The number of aryl methyl sites for hydroxylation is 2. The van der Waals surface area contributed by atoms with Crippen molar-refractivity contribution in [2.45, 2.75) is 26.3 Å². The first-order chi connectivity index (χ1) is 11.5. The summed E-state index contributed by atoms with van der Waals surface area (Å²) >= 11 is 1.12. The van der Waals surface area contributed by atoms with E-state index in [1.807, 2.05) is 0 Å². The second kappa shape index (κ2) is 6.45. The van der Waals surface area contributed by atoms with Crippen molar-refractivity contribution in [3.63, 3.8) is 0 Å². The number of nitrogens with one attached hydrogen (secondary N) is 1. The van der Waals surface area contributed by atoms with Gasteiger partial charge in [-0.05, 0) is 18.9 Å². The molecule has 0 bridgehead atoms. The molecule has 1 N–H and O–H groups in total. The molecule has 124 valence electrons. The zero-order valence-electron chi connectivity index (χ0n) is 13.0. The van der Waals surface area contributed by atoms with Crippen LogP contribution in [-0.2, 0) is 22.5 Å². The van der Waals surface area contributed by atoms with E-state index in [2.05, 4.69) is 16.2 Å². The van der Waals surface area contributed by atoms with E-state index in [0.717, 1.165) is 30.0 Å². The molecule has 8 heteroatoms. The normalized spacial score (nSPS) is 12.7. The van der Waals surface area contributed by atoms with Gasteiger partial charge in [0.1, 0.15) is 15.5 Å². The summed E-state index contributed by atoms with van der Waals surface area (Å²) in [4.78, 5) is 41.5. The molecule has 1 aliphatic rings. The van der Waals surface area contributed by atoms with Gasteiger partial charge in [-0.15, -0.1) is 17.8 Å². The number of thiophene rings is 1. The number of esters is 1. The number of nitrogens with zero attached hydrogens (tertiary/aromatic N) is 2. The van der Waals surface area contributed by atoms with Crippen molar-refractivity contribution in [1.82, 2.24) is 14.9 Å². The number of carbonyl (C=O) groups is 2. The van der Waals surface area contributed by atoms with E-state index in [0.29, 0.717) is 27.2 Å². The van der Waals surface area contributed by atoms with Crippen LogP contribution in [-0.4, -0.2) is 34.6 Å². The molecule has 0 aromatic carbocycles. The maximum atomic E-state index is 12.6. The standard InChI is InChI=1S/C16H15N3O4S/c1-3-6-17-11(20)8-23-16(22)13-9(2)12-14(24-13)18-10-5-4-7-19(10)15(12)21/h1H,4-8H2,2H3,(H,17,20). The molecule has 3 heterocycles. The minimum absolute atomic E-state index is 0.0739. The van der Waals surface area contributed by atoms with Gasteiger partial charge in [-0.2, -0.15) is 0 Å². The van der Waals surface area contributed by atoms with Crippen molar-refractivity contribution >= 4 is 33.4 Å². The predicted octanol–water partition coefficient (Wildman–Crippen LogP) is 0.619. The van der Waals surface area contributed by atoms with Crippen LogP contribution in [0.2, 0.25) is 0 Å². The van der Waals surface area contributed by atoms with Gasteiger partial charge in [-0.3, -0.25) is 14.2 Å². The van der Waals surface area contributed by atoms with Crippen molar-refractivity contribution < 1.29 is 14.3 Å². The topological polar surface area (TPSA) is 90.3 Å². The summed E-state index contributed by atoms with van der Waals surface area (Å²) in [6.07, 6.45) is 6.70. The first kappa shape index (κ1) is 16.2. The van der Waals surface area contributed by atoms with E-state index in [-0.39, 0.29) is 12.1 Å². The zero-order valence-corrected chi connectivity index (χ0v) is 13.9. The molecule has 1 amide bonds. The molecular weight excluding hydrogens is 330 g/mol. The maximum absolute atomic E-state index is 12.6. The van der Waals surface area contributed by atoms with E-state index in [1.165, 1.54) is 0 Å². The minimum atomic E-state index is -0.643. The summed E-state index contributed by atoms with van der Waals surface area (Å²) in [6.45, 7) is 2.00. The Kier molecular flexibility index (Phi) is 4.36. The van der Waals surface area contributed by atoms with Gasteiger partial charge in [-0.1, -0.05) is 5.92 Å². The third-order valence-corrected chi connectivity index (χ3v) is 4.98. The Morgan fingerprint density at radius 2 is 2.29 bits per heavy atom. The fourth-order valence-corrected chi connectivity index (χ4v) is 3.75. The highest BCUT2D eigenvalue weighted by Gasteiger charge is 2.24. The highest BCUT2D eigenvalue weighted by atomic mass is 32.1. The van der Waals surface area contributed by atoms with Crippen LogP contribution in [0.5, 0.6) is 0 Å². The Bertz CT molecular complexity index is 935. The summed E-state index contributed by atoms with van der Waals surface area (Å²) in [6, 6.07) is 0. The zero-order chi connectivity index (χ0) is 17.3. The van der Waals surface area contributed by atoms with Crippen LogP contribution in [0.4, 0.5) is 0 Å². The molecule has 2 aromatic heterocycles. The number of ether oxygens (including phenoxy) is 1. The lowest BCUT2D eigenvalue weighted by atomic mass is 10.2. The van der Waals surface area contributed by atoms with Gasteiger partial charge in [0.25, 0.3) is 11.5 Å². The fourth-order valence-electron chi connectivity index (χ4n) is 2.67. The molecule has 3 rings (SSSR count). The van der Waals surface area contributed by atoms with E-state index < -0.39 is 18.5 Å². The van der Waals surface area contributed by atoms with Crippen LogP contribution in [0.1, 0.15) is 27.5 Å². The summed E-state index contributed by atoms with van der Waals surface area (Å²) in [5.74, 6) is 1.89. The molecule has 1 aliphatic heterocycles. The summed E-state index contributed by atoms with van der Waals surface area (Å²) in [5, 5.41) is 2.86. The van der Waals surface area contributed by atoms with Crippen LogP contribution >= 0.6 is 11.3 Å². The first-order valence-corrected chi connectivity index (χ1v) is 8.24. The lowest BCUT2D eigenvalue weighted by Crippen LogP contribution is -2.29. The van der Waals surface area contributed by atoms with Gasteiger partial charge in [0, 0.05) is 13.0 Å². The Labute approximate surface area is 141 Å². The van der Waals surface area contributed by atoms with E-state index in [1.54, 1.807) is 11.5 Å². The SMILES string of the molecule is C#CCNC(=O)COC(=O)c1sc2nc3n(c(=O)c2c1C)CCC3. The quantitative estimate of drug-likeness (QED) is 0.648. The van der Waals surface area contributed by atoms with Gasteiger partial charge >= 0.3 is 5.97 Å². The Balaban J connectivity index is 1.86. The first-order valence-electron chi connectivity index (χ1n) is 7.43. The van der Waals surface area contributed by atoms with Crippen molar-refractivity contribution in [2.75, 3.05) is 13.2 Å². The predicted molar refractivity (Wildman–Crippen MR) is 89.1 cm³/mol. The van der Waals surface area contributed by atoms with Gasteiger partial charge in [0.2, 0.25) is 0 Å². The van der Waals surface area contributed by atoms with Crippen molar-refractivity contribution in [2.24, 2.45) is 0 Å². The van der Waals surface area contributed by atoms with Crippen LogP contribution in [0.25, 0.3) is 10.2 Å². The third-order valence-electron chi connectivity index (χ3n) is 3.82. The minimum Gasteiger partial charge on any atom is -0.451 e. The van der Waals surface area contributed by atoms with Crippen LogP contribution in [0, 0.1) is 19.3 Å². The third kappa shape index (κ3) is 2.78. The average Bonchev–Trinajstić information content (AvgIpc) is 3.16. The largest absolute Gasteiger partial charge is 0.451 e. The molecule has 2 aromatic rings. The van der Waals surface area contributed by atoms with Crippen molar-refractivity contribution in [1.29, 1.82) is 0 Å². The molecule has 0 saturated heterocycles. The van der Waals surface area contributed by atoms with E-state index in [4.69, 9.17) is 11.2 Å². The maximum Gasteiger partial charge on any atom is 0.349 e.